The molecule has 0 fully saturated rings. The van der Waals surface area contributed by atoms with Crippen LogP contribution in [0.2, 0.25) is 0 Å². The zero-order valence-corrected chi connectivity index (χ0v) is 75.5. The molecule has 18 aromatic heterocycles. The molecule has 0 saturated heterocycles. The Balaban J connectivity index is 0.000000101. The van der Waals surface area contributed by atoms with Crippen LogP contribution in [0.3, 0.4) is 0 Å². The topological polar surface area (TPSA) is 208 Å². The first kappa shape index (κ1) is 77.1. The van der Waals surface area contributed by atoms with E-state index in [9.17, 15) is 0 Å². The van der Waals surface area contributed by atoms with Crippen LogP contribution in [-0.2, 0) is 0 Å². The summed E-state index contributed by atoms with van der Waals surface area (Å²) >= 11 is 10.7. The van der Waals surface area contributed by atoms with Crippen LogP contribution in [0.15, 0.2) is 365 Å². The van der Waals surface area contributed by atoms with Gasteiger partial charge in [0.15, 0.2) is 34.9 Å². The van der Waals surface area contributed by atoms with Crippen LogP contribution in [0.1, 0.15) is 0 Å². The molecule has 0 aliphatic rings. The van der Waals surface area contributed by atoms with Crippen LogP contribution < -0.4 is 0 Å². The van der Waals surface area contributed by atoms with Crippen molar-refractivity contribution in [2.24, 2.45) is 0 Å². The molecule has 0 unspecified atom stereocenters. The summed E-state index contributed by atoms with van der Waals surface area (Å²) < 4.78 is 20.5. The summed E-state index contributed by atoms with van der Waals surface area (Å²) in [5.41, 5.74) is 10.3. The molecule has 0 N–H and O–H groups in total. The van der Waals surface area contributed by atoms with Crippen molar-refractivity contribution in [1.82, 2.24) is 88.5 Å². The lowest BCUT2D eigenvalue weighted by molar-refractivity contribution is 0.935. The first-order valence-electron chi connectivity index (χ1n) is 43.8. The van der Waals surface area contributed by atoms with Crippen molar-refractivity contribution in [3.05, 3.63) is 365 Å². The molecule has 0 saturated carbocycles. The Bertz CT molecular complexity index is 9650. The van der Waals surface area contributed by atoms with Crippen molar-refractivity contribution in [3.63, 3.8) is 0 Å². The lowest BCUT2D eigenvalue weighted by Crippen LogP contribution is -2.07. The van der Waals surface area contributed by atoms with Gasteiger partial charge in [0.2, 0.25) is 17.8 Å². The van der Waals surface area contributed by atoms with Crippen molar-refractivity contribution >= 4 is 255 Å². The summed E-state index contributed by atoms with van der Waals surface area (Å²) in [6, 6.07) is 114. The summed E-state index contributed by atoms with van der Waals surface area (Å²) in [5.74, 6) is 5.13. The highest BCUT2D eigenvalue weighted by atomic mass is 32.1. The van der Waals surface area contributed by atoms with Crippen LogP contribution in [0.4, 0.5) is 0 Å². The fourth-order valence-corrected chi connectivity index (χ4v) is 26.1. The molecule has 24 heteroatoms. The van der Waals surface area contributed by atoms with E-state index in [-0.39, 0.29) is 0 Å². The van der Waals surface area contributed by atoms with Crippen LogP contribution in [0.25, 0.3) is 273 Å². The van der Waals surface area contributed by atoms with Gasteiger partial charge < -0.3 is 0 Å². The molecule has 0 spiro atoms. The number of fused-ring (bicyclic) bond motifs is 27. The number of benzene rings is 12. The number of nitrogens with zero attached hydrogens (tertiary/aromatic N) is 18. The van der Waals surface area contributed by atoms with Gasteiger partial charge in [0.25, 0.3) is 0 Å². The van der Waals surface area contributed by atoms with Crippen LogP contribution >= 0.6 is 68.0 Å². The summed E-state index contributed by atoms with van der Waals surface area (Å²) in [4.78, 5) is 75.3. The smallest absolute Gasteiger partial charge is 0.241 e. The third-order valence-corrected chi connectivity index (χ3v) is 32.2. The maximum atomic E-state index is 5.25. The van der Waals surface area contributed by atoms with E-state index in [0.29, 0.717) is 52.8 Å². The largest absolute Gasteiger partial charge is 0.245 e. The first-order chi connectivity index (χ1) is 66.9. The molecule has 0 radical (unpaired) electrons. The molecular weight excluding hydrogens is 1780 g/mol. The SMILES string of the molecule is c1ccc2c(c1)sc1c(-c3nc(-c4cccc5c4sc4ccccc45)nc(-n4c5ncccc5c5cccnc54)n3)cccc12.c1ccc2c(c1)sc1ccc(-c3nc(-c4ccc5sc6ccccc6c5c4)nc(-n4c5ncccc5c5cccnc54)n3)cc12.c1ccc2c(c1)sc1cccc(-c3nc(-c4cccc5sc6ccccc6c45)nc(-n4c5ncccc5c5cccnc54)n3)c12. The molecule has 0 amide bonds. The fourth-order valence-electron chi connectivity index (χ4n) is 19.2. The fraction of sp³-hybridized carbons (Fsp3) is 0. The van der Waals surface area contributed by atoms with E-state index in [1.54, 1.807) is 105 Å². The molecule has 30 rings (SSSR count). The van der Waals surface area contributed by atoms with E-state index < -0.39 is 0 Å². The van der Waals surface area contributed by atoms with Crippen LogP contribution in [-0.4, -0.2) is 88.5 Å². The molecule has 0 aliphatic carbocycles. The van der Waals surface area contributed by atoms with Crippen molar-refractivity contribution < 1.29 is 0 Å². The van der Waals surface area contributed by atoms with Gasteiger partial charge in [-0.25, -0.2) is 58.6 Å². The predicted octanol–water partition coefficient (Wildman–Crippen LogP) is 29.5. The molecular formula is C111H60N18S6. The van der Waals surface area contributed by atoms with Crippen molar-refractivity contribution in [2.75, 3.05) is 0 Å². The maximum Gasteiger partial charge on any atom is 0.241 e. The maximum absolute atomic E-state index is 5.25. The molecule has 630 valence electrons. The zero-order chi connectivity index (χ0) is 88.5. The number of hydrogen-bond acceptors (Lipinski definition) is 21. The highest BCUT2D eigenvalue weighted by Gasteiger charge is 2.28. The minimum atomic E-state index is 0.484. The van der Waals surface area contributed by atoms with E-state index in [0.717, 1.165) is 120 Å². The van der Waals surface area contributed by atoms with Crippen molar-refractivity contribution in [1.29, 1.82) is 0 Å². The highest BCUT2D eigenvalue weighted by molar-refractivity contribution is 7.28. The Morgan fingerprint density at radius 2 is 0.400 bits per heavy atom. The van der Waals surface area contributed by atoms with Gasteiger partial charge in [0, 0.05) is 224 Å². The van der Waals surface area contributed by atoms with Gasteiger partial charge in [-0.05, 0) is 170 Å². The second kappa shape index (κ2) is 31.0. The molecule has 18 nitrogen and oxygen atoms in total. The van der Waals surface area contributed by atoms with E-state index in [2.05, 4.69) is 291 Å². The van der Waals surface area contributed by atoms with E-state index in [4.69, 9.17) is 74.8 Å². The lowest BCUT2D eigenvalue weighted by atomic mass is 10.0. The third-order valence-electron chi connectivity index (χ3n) is 25.2. The summed E-state index contributed by atoms with van der Waals surface area (Å²) in [7, 11) is 0. The molecule has 0 atom stereocenters. The number of hydrogen-bond donors (Lipinski definition) is 0. The average Bonchev–Trinajstić information content (AvgIpc) is 1.61. The number of aromatic nitrogens is 18. The standard InChI is InChI=1S/3C37H20N6S2/c1-3-15-27-23(9-1)31-25(11-5-17-29(31)44-27)33-40-34(26-12-6-18-30-32(26)24-10-2-4-16-28(24)45-30)42-37(41-33)43-35-21(13-7-19-38-35)22-14-8-20-39-36(22)43;1-3-17-29-21(9-1)23-11-5-13-27(31(23)44-29)33-40-34(28-14-6-12-24-22-10-2-4-18-30(22)45-32(24)28)42-37(41-33)43-35-25(15-7-19-38-35)26-16-8-20-39-36(26)43;1-3-11-29-23(7-1)27-19-21(13-15-31(27)44-29)33-40-34(22-14-16-32-28(20-22)24-8-2-4-12-30(24)45-32)42-37(41-33)43-35-25(9-5-17-38-35)26-10-6-18-39-36(26)43/h3*1-20H. The van der Waals surface area contributed by atoms with Gasteiger partial charge in [0.05, 0.1) is 0 Å². The average molecular weight is 1840 g/mol. The minimum Gasteiger partial charge on any atom is -0.245 e. The van der Waals surface area contributed by atoms with Crippen LogP contribution in [0, 0.1) is 0 Å². The van der Waals surface area contributed by atoms with Crippen molar-refractivity contribution in [3.8, 4) is 86.2 Å². The van der Waals surface area contributed by atoms with Crippen molar-refractivity contribution in [2.45, 2.75) is 0 Å². The van der Waals surface area contributed by atoms with E-state index in [1.165, 1.54) is 101 Å². The Morgan fingerprint density at radius 1 is 0.163 bits per heavy atom. The molecule has 30 aromatic rings. The summed E-state index contributed by atoms with van der Waals surface area (Å²) in [6.07, 6.45) is 10.8. The van der Waals surface area contributed by atoms with Crippen LogP contribution in [0.5, 0.6) is 0 Å². The second-order valence-electron chi connectivity index (χ2n) is 32.8. The molecule has 18 heterocycles. The summed E-state index contributed by atoms with van der Waals surface area (Å²) in [6.45, 7) is 0. The molecule has 135 heavy (non-hydrogen) atoms. The minimum absolute atomic E-state index is 0.484. The Morgan fingerprint density at radius 3 is 0.748 bits per heavy atom. The Labute approximate surface area is 788 Å². The van der Waals surface area contributed by atoms with Gasteiger partial charge in [-0.2, -0.15) is 29.9 Å². The lowest BCUT2D eigenvalue weighted by Gasteiger charge is -2.11. The van der Waals surface area contributed by atoms with Gasteiger partial charge in [-0.3, -0.25) is 0 Å². The monoisotopic (exact) mass is 1840 g/mol. The third kappa shape index (κ3) is 12.5. The zero-order valence-electron chi connectivity index (χ0n) is 70.6. The molecule has 12 aromatic carbocycles. The Kier molecular flexibility index (Phi) is 17.7. The van der Waals surface area contributed by atoms with Gasteiger partial charge in [0.1, 0.15) is 33.9 Å². The molecule has 0 bridgehead atoms. The second-order valence-corrected chi connectivity index (χ2v) is 39.3. The summed E-state index contributed by atoms with van der Waals surface area (Å²) in [5, 5.41) is 20.4. The van der Waals surface area contributed by atoms with Gasteiger partial charge in [-0.15, -0.1) is 68.0 Å². The van der Waals surface area contributed by atoms with E-state index in [1.807, 2.05) is 50.1 Å². The quantitative estimate of drug-likeness (QED) is 0.132. The normalized spacial score (nSPS) is 12.0. The molecule has 0 aliphatic heterocycles. The highest BCUT2D eigenvalue weighted by Crippen LogP contribution is 2.48. The first-order valence-corrected chi connectivity index (χ1v) is 48.7. The van der Waals surface area contributed by atoms with E-state index >= 15 is 0 Å². The Hall–Kier alpha value is -16.7. The number of thiophene rings is 6. The van der Waals surface area contributed by atoms with Gasteiger partial charge >= 0.3 is 0 Å². The number of pyridine rings is 6. The number of rotatable bonds is 9. The van der Waals surface area contributed by atoms with Gasteiger partial charge in [-0.1, -0.05) is 158 Å². The predicted molar refractivity (Wildman–Crippen MR) is 559 cm³/mol.